The van der Waals surface area contributed by atoms with Crippen LogP contribution in [0, 0.1) is 6.92 Å². The van der Waals surface area contributed by atoms with Gasteiger partial charge in [-0.05, 0) is 55.7 Å². The van der Waals surface area contributed by atoms with Crippen LogP contribution in [0.4, 0.5) is 17.2 Å². The Bertz CT molecular complexity index is 1290. The van der Waals surface area contributed by atoms with Gasteiger partial charge in [0.05, 0.1) is 5.69 Å². The lowest BCUT2D eigenvalue weighted by Gasteiger charge is -2.16. The fourth-order valence-corrected chi connectivity index (χ4v) is 3.64. The quantitative estimate of drug-likeness (QED) is 0.301. The summed E-state index contributed by atoms with van der Waals surface area (Å²) in [5.74, 6) is 2.24. The van der Waals surface area contributed by atoms with E-state index in [2.05, 4.69) is 34.4 Å². The Hall–Kier alpha value is -4.19. The number of benzene rings is 3. The SMILES string of the molecule is Cc1nc(Nc2cccc(NC(=O)C(C)Oc3ccc(C(C)C)cc3)c2)cc(-c2ccccc2)n1. The van der Waals surface area contributed by atoms with Gasteiger partial charge in [0.2, 0.25) is 0 Å². The summed E-state index contributed by atoms with van der Waals surface area (Å²) < 4.78 is 5.83. The Morgan fingerprint density at radius 2 is 1.54 bits per heavy atom. The minimum Gasteiger partial charge on any atom is -0.481 e. The lowest BCUT2D eigenvalue weighted by atomic mass is 10.0. The van der Waals surface area contributed by atoms with Crippen LogP contribution in [0.2, 0.25) is 0 Å². The van der Waals surface area contributed by atoms with Crippen LogP contribution in [0.15, 0.2) is 84.9 Å². The number of amides is 1. The van der Waals surface area contributed by atoms with Crippen molar-refractivity contribution in [3.63, 3.8) is 0 Å². The maximum Gasteiger partial charge on any atom is 0.265 e. The molecule has 1 amide bonds. The normalized spacial score (nSPS) is 11.7. The predicted molar refractivity (Wildman–Crippen MR) is 141 cm³/mol. The van der Waals surface area contributed by atoms with Crippen LogP contribution in [0.5, 0.6) is 5.75 Å². The smallest absolute Gasteiger partial charge is 0.265 e. The third-order valence-corrected chi connectivity index (χ3v) is 5.54. The summed E-state index contributed by atoms with van der Waals surface area (Å²) in [6, 6.07) is 27.2. The van der Waals surface area contributed by atoms with Crippen LogP contribution in [0.3, 0.4) is 0 Å². The first-order valence-corrected chi connectivity index (χ1v) is 11.7. The number of ether oxygens (including phenoxy) is 1. The first kappa shape index (κ1) is 24.0. The molecule has 1 unspecified atom stereocenters. The fourth-order valence-electron chi connectivity index (χ4n) is 3.64. The van der Waals surface area contributed by atoms with Gasteiger partial charge in [0, 0.05) is 23.0 Å². The second-order valence-corrected chi connectivity index (χ2v) is 8.73. The van der Waals surface area contributed by atoms with E-state index in [1.807, 2.05) is 91.9 Å². The Morgan fingerprint density at radius 3 is 2.26 bits per heavy atom. The summed E-state index contributed by atoms with van der Waals surface area (Å²) in [4.78, 5) is 21.8. The number of anilines is 3. The first-order chi connectivity index (χ1) is 16.9. The predicted octanol–water partition coefficient (Wildman–Crippen LogP) is 6.73. The van der Waals surface area contributed by atoms with E-state index in [0.717, 1.165) is 16.9 Å². The molecule has 1 atom stereocenters. The summed E-state index contributed by atoms with van der Waals surface area (Å²) in [6.45, 7) is 7.89. The molecule has 35 heavy (non-hydrogen) atoms. The number of rotatable bonds is 8. The zero-order valence-electron chi connectivity index (χ0n) is 20.4. The zero-order valence-corrected chi connectivity index (χ0v) is 20.4. The van der Waals surface area contributed by atoms with Crippen LogP contribution in [-0.4, -0.2) is 22.0 Å². The highest BCUT2D eigenvalue weighted by molar-refractivity contribution is 5.94. The van der Waals surface area contributed by atoms with Crippen molar-refractivity contribution >= 4 is 23.1 Å². The van der Waals surface area contributed by atoms with Crippen molar-refractivity contribution in [3.05, 3.63) is 96.3 Å². The highest BCUT2D eigenvalue weighted by Gasteiger charge is 2.15. The number of nitrogens with zero attached hydrogens (tertiary/aromatic N) is 2. The number of carbonyl (C=O) groups excluding carboxylic acids is 1. The third-order valence-electron chi connectivity index (χ3n) is 5.54. The fraction of sp³-hybridized carbons (Fsp3) is 0.207. The standard InChI is InChI=1S/C29H30N4O2/c1-19(2)22-13-15-26(16-14-22)35-20(3)29(34)33-25-12-8-11-24(17-25)32-28-18-27(30-21(4)31-28)23-9-6-5-7-10-23/h5-20H,1-4H3,(H,33,34)(H,30,31,32). The molecule has 0 aliphatic heterocycles. The Morgan fingerprint density at radius 1 is 0.829 bits per heavy atom. The second kappa shape index (κ2) is 10.8. The minimum absolute atomic E-state index is 0.223. The molecule has 4 rings (SSSR count). The Balaban J connectivity index is 1.42. The number of aromatic nitrogens is 2. The van der Waals surface area contributed by atoms with Gasteiger partial charge in [-0.25, -0.2) is 9.97 Å². The molecule has 0 radical (unpaired) electrons. The van der Waals surface area contributed by atoms with Gasteiger partial charge in [-0.2, -0.15) is 0 Å². The summed E-state index contributed by atoms with van der Waals surface area (Å²) in [6.07, 6.45) is -0.644. The van der Waals surface area contributed by atoms with Crippen molar-refractivity contribution < 1.29 is 9.53 Å². The second-order valence-electron chi connectivity index (χ2n) is 8.73. The van der Waals surface area contributed by atoms with E-state index in [9.17, 15) is 4.79 Å². The van der Waals surface area contributed by atoms with Gasteiger partial charge in [-0.3, -0.25) is 4.79 Å². The molecule has 3 aromatic carbocycles. The highest BCUT2D eigenvalue weighted by Crippen LogP contribution is 2.24. The molecule has 1 heterocycles. The Kier molecular flexibility index (Phi) is 7.41. The number of aryl methyl sites for hydroxylation is 1. The molecule has 1 aromatic heterocycles. The molecule has 0 bridgehead atoms. The average molecular weight is 467 g/mol. The van der Waals surface area contributed by atoms with Crippen molar-refractivity contribution in [1.82, 2.24) is 9.97 Å². The molecule has 0 saturated heterocycles. The average Bonchev–Trinajstić information content (AvgIpc) is 2.85. The minimum atomic E-state index is -0.644. The van der Waals surface area contributed by atoms with Crippen LogP contribution in [0.1, 0.15) is 38.1 Å². The largest absolute Gasteiger partial charge is 0.481 e. The molecule has 6 heteroatoms. The van der Waals surface area contributed by atoms with E-state index in [4.69, 9.17) is 4.74 Å². The van der Waals surface area contributed by atoms with Crippen LogP contribution in [0.25, 0.3) is 11.3 Å². The molecule has 6 nitrogen and oxygen atoms in total. The van der Waals surface area contributed by atoms with E-state index in [0.29, 0.717) is 29.0 Å². The monoisotopic (exact) mass is 466 g/mol. The molecular weight excluding hydrogens is 436 g/mol. The lowest BCUT2D eigenvalue weighted by Crippen LogP contribution is -2.30. The summed E-state index contributed by atoms with van der Waals surface area (Å²) >= 11 is 0. The molecule has 0 saturated carbocycles. The molecular formula is C29H30N4O2. The van der Waals surface area contributed by atoms with Gasteiger partial charge >= 0.3 is 0 Å². The number of hydrogen-bond acceptors (Lipinski definition) is 5. The maximum absolute atomic E-state index is 12.7. The van der Waals surface area contributed by atoms with E-state index in [-0.39, 0.29) is 5.91 Å². The number of carbonyl (C=O) groups is 1. The van der Waals surface area contributed by atoms with Crippen molar-refractivity contribution in [3.8, 4) is 17.0 Å². The van der Waals surface area contributed by atoms with E-state index < -0.39 is 6.10 Å². The van der Waals surface area contributed by atoms with E-state index >= 15 is 0 Å². The van der Waals surface area contributed by atoms with E-state index in [1.54, 1.807) is 6.92 Å². The first-order valence-electron chi connectivity index (χ1n) is 11.7. The molecule has 2 N–H and O–H groups in total. The number of nitrogens with one attached hydrogen (secondary N) is 2. The van der Waals surface area contributed by atoms with Crippen LogP contribution in [-0.2, 0) is 4.79 Å². The van der Waals surface area contributed by atoms with Gasteiger partial charge in [0.15, 0.2) is 6.10 Å². The molecule has 4 aromatic rings. The topological polar surface area (TPSA) is 76.1 Å². The molecule has 0 spiro atoms. The number of hydrogen-bond donors (Lipinski definition) is 2. The lowest BCUT2D eigenvalue weighted by molar-refractivity contribution is -0.122. The van der Waals surface area contributed by atoms with Crippen LogP contribution >= 0.6 is 0 Å². The summed E-state index contributed by atoms with van der Waals surface area (Å²) in [5.41, 5.74) is 4.57. The van der Waals surface area contributed by atoms with Crippen molar-refractivity contribution in [2.75, 3.05) is 10.6 Å². The molecule has 0 aliphatic rings. The van der Waals surface area contributed by atoms with Gasteiger partial charge in [-0.1, -0.05) is 62.4 Å². The highest BCUT2D eigenvalue weighted by atomic mass is 16.5. The van der Waals surface area contributed by atoms with Crippen molar-refractivity contribution in [2.24, 2.45) is 0 Å². The van der Waals surface area contributed by atoms with Gasteiger partial charge in [0.1, 0.15) is 17.4 Å². The van der Waals surface area contributed by atoms with Gasteiger partial charge in [0.25, 0.3) is 5.91 Å². The summed E-state index contributed by atoms with van der Waals surface area (Å²) in [5, 5.41) is 6.25. The van der Waals surface area contributed by atoms with E-state index in [1.165, 1.54) is 5.56 Å². The van der Waals surface area contributed by atoms with Crippen molar-refractivity contribution in [1.29, 1.82) is 0 Å². The molecule has 0 aliphatic carbocycles. The van der Waals surface area contributed by atoms with Gasteiger partial charge in [-0.15, -0.1) is 0 Å². The summed E-state index contributed by atoms with van der Waals surface area (Å²) in [7, 11) is 0. The third kappa shape index (κ3) is 6.44. The zero-order chi connectivity index (χ0) is 24.8. The maximum atomic E-state index is 12.7. The van der Waals surface area contributed by atoms with Crippen molar-refractivity contribution in [2.45, 2.75) is 39.7 Å². The Labute approximate surface area is 206 Å². The van der Waals surface area contributed by atoms with Gasteiger partial charge < -0.3 is 15.4 Å². The van der Waals surface area contributed by atoms with Crippen LogP contribution < -0.4 is 15.4 Å². The molecule has 178 valence electrons. The molecule has 0 fully saturated rings.